The van der Waals surface area contributed by atoms with Gasteiger partial charge < -0.3 is 15.1 Å². The molecule has 0 fully saturated rings. The van der Waals surface area contributed by atoms with Gasteiger partial charge in [0.25, 0.3) is 0 Å². The fraction of sp³-hybridized carbons (Fsp3) is 0.400. The molecule has 0 atom stereocenters. The predicted octanol–water partition coefficient (Wildman–Crippen LogP) is 0.457. The lowest BCUT2D eigenvalue weighted by molar-refractivity contribution is -0.127. The summed E-state index contributed by atoms with van der Waals surface area (Å²) >= 11 is 1.21. The van der Waals surface area contributed by atoms with Crippen molar-refractivity contribution in [3.8, 4) is 0 Å². The highest BCUT2D eigenvalue weighted by Crippen LogP contribution is 2.06. The maximum Gasteiger partial charge on any atom is 0.232 e. The van der Waals surface area contributed by atoms with Gasteiger partial charge in [-0.15, -0.1) is 11.8 Å². The molecule has 5 nitrogen and oxygen atoms in total. The number of rotatable bonds is 6. The number of thioether (sulfide) groups is 1. The molecule has 0 saturated carbocycles. The van der Waals surface area contributed by atoms with Crippen molar-refractivity contribution in [2.75, 3.05) is 18.6 Å². The molecule has 1 aromatic heterocycles. The molecule has 0 spiro atoms. The first kappa shape index (κ1) is 12.6. The molecule has 6 heteroatoms. The van der Waals surface area contributed by atoms with Gasteiger partial charge in [-0.05, 0) is 12.1 Å². The van der Waals surface area contributed by atoms with Gasteiger partial charge in [0.15, 0.2) is 0 Å². The number of carbonyl (C=O) groups excluding carboxylic acids is 2. The van der Waals surface area contributed by atoms with Crippen molar-refractivity contribution in [1.29, 1.82) is 0 Å². The first-order valence-corrected chi connectivity index (χ1v) is 5.87. The highest BCUT2D eigenvalue weighted by molar-refractivity contribution is 8.00. The van der Waals surface area contributed by atoms with Crippen LogP contribution >= 0.6 is 11.8 Å². The van der Waals surface area contributed by atoms with Crippen LogP contribution in [0.4, 0.5) is 0 Å². The minimum atomic E-state index is -0.411. The van der Waals surface area contributed by atoms with E-state index in [1.165, 1.54) is 11.8 Å². The molecule has 1 heterocycles. The van der Waals surface area contributed by atoms with Crippen LogP contribution in [-0.4, -0.2) is 35.3 Å². The largest absolute Gasteiger partial charge is 0.467 e. The summed E-state index contributed by atoms with van der Waals surface area (Å²) in [7, 11) is 1.69. The number of furan rings is 1. The van der Waals surface area contributed by atoms with Crippen LogP contribution in [0.5, 0.6) is 0 Å². The SMILES string of the molecule is CN(Cc1ccco1)C(=O)CSCC(N)=O. The van der Waals surface area contributed by atoms with Gasteiger partial charge in [-0.3, -0.25) is 9.59 Å². The lowest BCUT2D eigenvalue weighted by atomic mass is 10.4. The Morgan fingerprint density at radius 1 is 1.50 bits per heavy atom. The topological polar surface area (TPSA) is 76.5 Å². The van der Waals surface area contributed by atoms with E-state index >= 15 is 0 Å². The Kier molecular flexibility index (Phi) is 4.91. The lowest BCUT2D eigenvalue weighted by Crippen LogP contribution is -2.28. The monoisotopic (exact) mass is 242 g/mol. The minimum Gasteiger partial charge on any atom is -0.467 e. The van der Waals surface area contributed by atoms with E-state index in [0.29, 0.717) is 6.54 Å². The van der Waals surface area contributed by atoms with Crippen LogP contribution in [0, 0.1) is 0 Å². The summed E-state index contributed by atoms with van der Waals surface area (Å²) in [6.07, 6.45) is 1.56. The second kappa shape index (κ2) is 6.22. The Morgan fingerprint density at radius 3 is 2.81 bits per heavy atom. The predicted molar refractivity (Wildman–Crippen MR) is 61.7 cm³/mol. The van der Waals surface area contributed by atoms with Gasteiger partial charge in [0.1, 0.15) is 5.76 Å². The van der Waals surface area contributed by atoms with E-state index in [1.54, 1.807) is 30.3 Å². The van der Waals surface area contributed by atoms with E-state index < -0.39 is 5.91 Å². The van der Waals surface area contributed by atoms with Gasteiger partial charge in [0, 0.05) is 7.05 Å². The van der Waals surface area contributed by atoms with Crippen molar-refractivity contribution < 1.29 is 14.0 Å². The van der Waals surface area contributed by atoms with Crippen LogP contribution in [0.1, 0.15) is 5.76 Å². The number of primary amides is 1. The second-order valence-corrected chi connectivity index (χ2v) is 4.27. The molecule has 2 N–H and O–H groups in total. The second-order valence-electron chi connectivity index (χ2n) is 3.29. The third-order valence-electron chi connectivity index (χ3n) is 1.87. The van der Waals surface area contributed by atoms with Gasteiger partial charge in [0.2, 0.25) is 11.8 Å². The fourth-order valence-electron chi connectivity index (χ4n) is 1.07. The standard InChI is InChI=1S/C10H14N2O3S/c1-12(5-8-3-2-4-15-8)10(14)7-16-6-9(11)13/h2-4H,5-7H2,1H3,(H2,11,13). The average Bonchev–Trinajstić information content (AvgIpc) is 2.69. The quantitative estimate of drug-likeness (QED) is 0.786. The van der Waals surface area contributed by atoms with Gasteiger partial charge in [0.05, 0.1) is 24.3 Å². The molecular weight excluding hydrogens is 228 g/mol. The average molecular weight is 242 g/mol. The molecule has 16 heavy (non-hydrogen) atoms. The Hall–Kier alpha value is -1.43. The van der Waals surface area contributed by atoms with E-state index in [2.05, 4.69) is 0 Å². The zero-order valence-electron chi connectivity index (χ0n) is 9.01. The van der Waals surface area contributed by atoms with E-state index in [9.17, 15) is 9.59 Å². The minimum absolute atomic E-state index is 0.0531. The highest BCUT2D eigenvalue weighted by Gasteiger charge is 2.10. The molecule has 1 rings (SSSR count). The number of carbonyl (C=O) groups is 2. The normalized spacial score (nSPS) is 10.1. The van der Waals surface area contributed by atoms with E-state index in [0.717, 1.165) is 5.76 Å². The summed E-state index contributed by atoms with van der Waals surface area (Å²) < 4.78 is 5.12. The Morgan fingerprint density at radius 2 is 2.25 bits per heavy atom. The summed E-state index contributed by atoms with van der Waals surface area (Å²) in [4.78, 5) is 23.6. The van der Waals surface area contributed by atoms with Gasteiger partial charge in [-0.1, -0.05) is 0 Å². The molecule has 1 aromatic rings. The van der Waals surface area contributed by atoms with Crippen LogP contribution < -0.4 is 5.73 Å². The Bertz CT molecular complexity index is 351. The molecule has 88 valence electrons. The summed E-state index contributed by atoms with van der Waals surface area (Å²) in [6.45, 7) is 0.433. The summed E-state index contributed by atoms with van der Waals surface area (Å²) in [5.41, 5.74) is 4.96. The fourth-order valence-corrected chi connectivity index (χ4v) is 1.77. The molecule has 0 radical (unpaired) electrons. The molecular formula is C10H14N2O3S. The lowest BCUT2D eigenvalue weighted by Gasteiger charge is -2.14. The van der Waals surface area contributed by atoms with Gasteiger partial charge in [-0.25, -0.2) is 0 Å². The van der Waals surface area contributed by atoms with E-state index in [-0.39, 0.29) is 17.4 Å². The number of amides is 2. The third-order valence-corrected chi connectivity index (χ3v) is 2.81. The summed E-state index contributed by atoms with van der Waals surface area (Å²) in [6, 6.07) is 3.58. The van der Waals surface area contributed by atoms with E-state index in [4.69, 9.17) is 10.2 Å². The summed E-state index contributed by atoms with van der Waals surface area (Å²) in [5, 5.41) is 0. The number of hydrogen-bond acceptors (Lipinski definition) is 4. The first-order valence-electron chi connectivity index (χ1n) is 4.72. The van der Waals surface area contributed by atoms with Crippen LogP contribution in [0.2, 0.25) is 0 Å². The van der Waals surface area contributed by atoms with Gasteiger partial charge in [-0.2, -0.15) is 0 Å². The Balaban J connectivity index is 2.28. The van der Waals surface area contributed by atoms with Crippen LogP contribution in [0.25, 0.3) is 0 Å². The van der Waals surface area contributed by atoms with E-state index in [1.807, 2.05) is 0 Å². The number of nitrogens with two attached hydrogens (primary N) is 1. The first-order chi connectivity index (χ1) is 7.59. The van der Waals surface area contributed by atoms with Gasteiger partial charge >= 0.3 is 0 Å². The molecule has 0 aliphatic rings. The van der Waals surface area contributed by atoms with Crippen molar-refractivity contribution in [2.24, 2.45) is 5.73 Å². The smallest absolute Gasteiger partial charge is 0.232 e. The third kappa shape index (κ3) is 4.39. The van der Waals surface area contributed by atoms with Crippen LogP contribution in [0.3, 0.4) is 0 Å². The number of hydrogen-bond donors (Lipinski definition) is 1. The molecule has 0 unspecified atom stereocenters. The highest BCUT2D eigenvalue weighted by atomic mass is 32.2. The van der Waals surface area contributed by atoms with Crippen molar-refractivity contribution >= 4 is 23.6 Å². The molecule has 0 saturated heterocycles. The van der Waals surface area contributed by atoms with Crippen LogP contribution in [0.15, 0.2) is 22.8 Å². The van der Waals surface area contributed by atoms with Crippen molar-refractivity contribution in [1.82, 2.24) is 4.90 Å². The van der Waals surface area contributed by atoms with Crippen molar-refractivity contribution in [2.45, 2.75) is 6.54 Å². The van der Waals surface area contributed by atoms with Crippen molar-refractivity contribution in [3.63, 3.8) is 0 Å². The maximum atomic E-state index is 11.6. The molecule has 0 aliphatic carbocycles. The molecule has 2 amide bonds. The zero-order chi connectivity index (χ0) is 12.0. The molecule has 0 aromatic carbocycles. The Labute approximate surface area is 98.0 Å². The van der Waals surface area contributed by atoms with Crippen LogP contribution in [-0.2, 0) is 16.1 Å². The maximum absolute atomic E-state index is 11.6. The summed E-state index contributed by atoms with van der Waals surface area (Å²) in [5.74, 6) is 0.686. The number of nitrogens with zero attached hydrogens (tertiary/aromatic N) is 1. The van der Waals surface area contributed by atoms with Crippen molar-refractivity contribution in [3.05, 3.63) is 24.2 Å². The molecule has 0 bridgehead atoms. The zero-order valence-corrected chi connectivity index (χ0v) is 9.83. The molecule has 0 aliphatic heterocycles.